The predicted octanol–water partition coefficient (Wildman–Crippen LogP) is 1.82. The molecule has 7 nitrogen and oxygen atoms in total. The number of fused-ring (bicyclic) bond motifs is 1. The Morgan fingerprint density at radius 2 is 1.75 bits per heavy atom. The fourth-order valence-corrected chi connectivity index (χ4v) is 2.34. The largest absolute Gasteiger partial charge is 0.505 e. The Morgan fingerprint density at radius 3 is 2.42 bits per heavy atom. The molecular weight excluding hydrogens is 310 g/mol. The van der Waals surface area contributed by atoms with Gasteiger partial charge in [0, 0.05) is 17.0 Å². The number of nitrogens with zero attached hydrogens (tertiary/aromatic N) is 2. The fourth-order valence-electron chi connectivity index (χ4n) is 2.34. The molecule has 2 aromatic heterocycles. The van der Waals surface area contributed by atoms with Gasteiger partial charge in [0.25, 0.3) is 5.91 Å². The topological polar surface area (TPSA) is 112 Å². The summed E-state index contributed by atoms with van der Waals surface area (Å²) in [7, 11) is 0. The van der Waals surface area contributed by atoms with Gasteiger partial charge < -0.3 is 15.5 Å². The average molecular weight is 323 g/mol. The molecule has 3 rings (SSSR count). The lowest BCUT2D eigenvalue weighted by atomic mass is 10.0. The first-order valence-corrected chi connectivity index (χ1v) is 7.11. The van der Waals surface area contributed by atoms with Crippen LogP contribution in [0.4, 0.5) is 0 Å². The van der Waals surface area contributed by atoms with Gasteiger partial charge in [0.15, 0.2) is 11.4 Å². The van der Waals surface area contributed by atoms with E-state index in [1.54, 1.807) is 48.7 Å². The van der Waals surface area contributed by atoms with Crippen molar-refractivity contribution in [3.63, 3.8) is 0 Å². The van der Waals surface area contributed by atoms with Gasteiger partial charge in [-0.05, 0) is 12.1 Å². The number of carboxylic acids is 1. The first kappa shape index (κ1) is 15.4. The summed E-state index contributed by atoms with van der Waals surface area (Å²) < 4.78 is 0. The molecular formula is C17H13N3O4. The zero-order valence-electron chi connectivity index (χ0n) is 12.4. The Labute approximate surface area is 136 Å². The van der Waals surface area contributed by atoms with Crippen LogP contribution in [0.5, 0.6) is 5.75 Å². The Bertz CT molecular complexity index is 926. The third-order valence-electron chi connectivity index (χ3n) is 3.41. The average Bonchev–Trinajstić information content (AvgIpc) is 2.61. The van der Waals surface area contributed by atoms with Gasteiger partial charge >= 0.3 is 5.97 Å². The van der Waals surface area contributed by atoms with Gasteiger partial charge in [-0.1, -0.05) is 30.3 Å². The number of benzene rings is 1. The number of carboxylic acid groups (broad SMARTS) is 1. The maximum absolute atomic E-state index is 12.2. The minimum Gasteiger partial charge on any atom is -0.505 e. The zero-order valence-corrected chi connectivity index (χ0v) is 12.4. The van der Waals surface area contributed by atoms with Crippen molar-refractivity contribution in [2.45, 2.75) is 0 Å². The van der Waals surface area contributed by atoms with Crippen LogP contribution >= 0.6 is 0 Å². The molecule has 24 heavy (non-hydrogen) atoms. The van der Waals surface area contributed by atoms with E-state index in [1.807, 2.05) is 0 Å². The van der Waals surface area contributed by atoms with Crippen LogP contribution in [-0.4, -0.2) is 38.6 Å². The van der Waals surface area contributed by atoms with Crippen LogP contribution in [0.2, 0.25) is 0 Å². The third kappa shape index (κ3) is 2.87. The molecule has 0 bridgehead atoms. The van der Waals surface area contributed by atoms with Crippen molar-refractivity contribution in [2.24, 2.45) is 0 Å². The van der Waals surface area contributed by atoms with Gasteiger partial charge in [-0.3, -0.25) is 14.6 Å². The molecule has 0 aliphatic heterocycles. The number of aromatic hydroxyl groups is 1. The quantitative estimate of drug-likeness (QED) is 0.675. The van der Waals surface area contributed by atoms with Gasteiger partial charge in [-0.25, -0.2) is 4.98 Å². The molecule has 0 aliphatic rings. The highest BCUT2D eigenvalue weighted by Gasteiger charge is 2.20. The SMILES string of the molecule is O=C(O)CNC(=O)c1nc(-c2ccccn2)c2ccccc2c1O. The summed E-state index contributed by atoms with van der Waals surface area (Å²) in [6.45, 7) is -0.564. The molecule has 0 fully saturated rings. The number of carbonyl (C=O) groups is 2. The molecule has 0 atom stereocenters. The Balaban J connectivity index is 2.19. The second kappa shape index (κ2) is 6.33. The molecule has 0 spiro atoms. The highest BCUT2D eigenvalue weighted by molar-refractivity contribution is 6.06. The lowest BCUT2D eigenvalue weighted by molar-refractivity contribution is -0.135. The highest BCUT2D eigenvalue weighted by Crippen LogP contribution is 2.33. The smallest absolute Gasteiger partial charge is 0.322 e. The van der Waals surface area contributed by atoms with Crippen molar-refractivity contribution in [3.05, 3.63) is 54.4 Å². The molecule has 1 aromatic carbocycles. The van der Waals surface area contributed by atoms with E-state index < -0.39 is 18.4 Å². The van der Waals surface area contributed by atoms with Gasteiger partial charge in [0.05, 0.1) is 11.4 Å². The van der Waals surface area contributed by atoms with Crippen LogP contribution in [-0.2, 0) is 4.79 Å². The summed E-state index contributed by atoms with van der Waals surface area (Å²) in [5, 5.41) is 22.3. The molecule has 1 amide bonds. The number of rotatable bonds is 4. The van der Waals surface area contributed by atoms with Gasteiger partial charge in [0.2, 0.25) is 0 Å². The van der Waals surface area contributed by atoms with Crippen LogP contribution in [0.25, 0.3) is 22.2 Å². The van der Waals surface area contributed by atoms with E-state index in [0.717, 1.165) is 0 Å². The number of aromatic nitrogens is 2. The van der Waals surface area contributed by atoms with Crippen molar-refractivity contribution in [3.8, 4) is 17.1 Å². The van der Waals surface area contributed by atoms with Crippen molar-refractivity contribution < 1.29 is 19.8 Å². The number of pyridine rings is 2. The van der Waals surface area contributed by atoms with Crippen molar-refractivity contribution in [2.75, 3.05) is 6.54 Å². The molecule has 0 saturated carbocycles. The number of hydrogen-bond donors (Lipinski definition) is 3. The van der Waals surface area contributed by atoms with E-state index in [-0.39, 0.29) is 11.4 Å². The van der Waals surface area contributed by atoms with E-state index in [2.05, 4.69) is 15.3 Å². The van der Waals surface area contributed by atoms with E-state index in [1.165, 1.54) is 0 Å². The number of carbonyl (C=O) groups excluding carboxylic acids is 1. The molecule has 3 N–H and O–H groups in total. The molecule has 0 saturated heterocycles. The van der Waals surface area contributed by atoms with Crippen molar-refractivity contribution in [1.82, 2.24) is 15.3 Å². The predicted molar refractivity (Wildman–Crippen MR) is 86.6 cm³/mol. The normalized spacial score (nSPS) is 10.5. The number of hydrogen-bond acceptors (Lipinski definition) is 5. The Morgan fingerprint density at radius 1 is 1.04 bits per heavy atom. The van der Waals surface area contributed by atoms with Gasteiger partial charge in [-0.15, -0.1) is 0 Å². The van der Waals surface area contributed by atoms with E-state index in [0.29, 0.717) is 22.2 Å². The summed E-state index contributed by atoms with van der Waals surface area (Å²) in [6.07, 6.45) is 1.60. The first-order chi connectivity index (χ1) is 11.6. The summed E-state index contributed by atoms with van der Waals surface area (Å²) in [4.78, 5) is 31.3. The second-order valence-corrected chi connectivity index (χ2v) is 4.99. The maximum Gasteiger partial charge on any atom is 0.322 e. The summed E-state index contributed by atoms with van der Waals surface area (Å²) in [5.41, 5.74) is 0.737. The monoisotopic (exact) mass is 323 g/mol. The lowest BCUT2D eigenvalue weighted by Crippen LogP contribution is -2.30. The minimum absolute atomic E-state index is 0.240. The number of amides is 1. The van der Waals surface area contributed by atoms with Gasteiger partial charge in [-0.2, -0.15) is 0 Å². The van der Waals surface area contributed by atoms with Crippen LogP contribution < -0.4 is 5.32 Å². The fraction of sp³-hybridized carbons (Fsp3) is 0.0588. The molecule has 120 valence electrons. The molecule has 0 radical (unpaired) electrons. The van der Waals surface area contributed by atoms with Crippen molar-refractivity contribution >= 4 is 22.6 Å². The summed E-state index contributed by atoms with van der Waals surface area (Å²) in [6, 6.07) is 12.2. The zero-order chi connectivity index (χ0) is 17.1. The number of nitrogens with one attached hydrogen (secondary N) is 1. The number of aliphatic carboxylic acids is 1. The minimum atomic E-state index is -1.19. The Kier molecular flexibility index (Phi) is 4.07. The van der Waals surface area contributed by atoms with E-state index in [9.17, 15) is 14.7 Å². The Hall–Kier alpha value is -3.48. The van der Waals surface area contributed by atoms with Gasteiger partial charge in [0.1, 0.15) is 6.54 Å². The molecule has 0 aliphatic carbocycles. The van der Waals surface area contributed by atoms with Crippen LogP contribution in [0.15, 0.2) is 48.7 Å². The summed E-state index contributed by atoms with van der Waals surface area (Å²) >= 11 is 0. The van der Waals surface area contributed by atoms with Crippen LogP contribution in [0, 0.1) is 0 Å². The highest BCUT2D eigenvalue weighted by atomic mass is 16.4. The molecule has 3 aromatic rings. The second-order valence-electron chi connectivity index (χ2n) is 4.99. The molecule has 7 heteroatoms. The van der Waals surface area contributed by atoms with Crippen molar-refractivity contribution in [1.29, 1.82) is 0 Å². The van der Waals surface area contributed by atoms with E-state index >= 15 is 0 Å². The van der Waals surface area contributed by atoms with Crippen LogP contribution in [0.3, 0.4) is 0 Å². The lowest BCUT2D eigenvalue weighted by Gasteiger charge is -2.11. The first-order valence-electron chi connectivity index (χ1n) is 7.11. The molecule has 0 unspecified atom stereocenters. The molecule has 2 heterocycles. The standard InChI is InChI=1S/C17H13N3O4/c21-13(22)9-19-17(24)15-16(23)11-6-2-1-5-10(11)14(20-15)12-7-3-4-8-18-12/h1-8,23H,9H2,(H,19,24)(H,21,22). The third-order valence-corrected chi connectivity index (χ3v) is 3.41. The summed E-state index contributed by atoms with van der Waals surface area (Å²) in [5.74, 6) is -2.25. The maximum atomic E-state index is 12.2. The van der Waals surface area contributed by atoms with E-state index in [4.69, 9.17) is 5.11 Å². The van der Waals surface area contributed by atoms with Crippen LogP contribution in [0.1, 0.15) is 10.5 Å².